The molecule has 0 unspecified atom stereocenters. The van der Waals surface area contributed by atoms with Gasteiger partial charge in [0, 0.05) is 32.1 Å². The molecule has 0 atom stereocenters. The van der Waals surface area contributed by atoms with Crippen molar-refractivity contribution in [3.8, 4) is 0 Å². The molecule has 2 aromatic carbocycles. The largest absolute Gasteiger partial charge is 0.355 e. The minimum absolute atomic E-state index is 0.0243. The average Bonchev–Trinajstić information content (AvgIpc) is 3.06. The molecule has 0 bridgehead atoms. The van der Waals surface area contributed by atoms with Crippen molar-refractivity contribution in [3.63, 3.8) is 0 Å². The van der Waals surface area contributed by atoms with Crippen LogP contribution in [0.3, 0.4) is 0 Å². The van der Waals surface area contributed by atoms with Gasteiger partial charge in [-0.1, -0.05) is 48.0 Å². The first-order chi connectivity index (χ1) is 12.1. The summed E-state index contributed by atoms with van der Waals surface area (Å²) in [5.74, 6) is 0.0243. The van der Waals surface area contributed by atoms with Gasteiger partial charge in [-0.15, -0.1) is 0 Å². The maximum Gasteiger partial charge on any atom is 0.247 e. The third kappa shape index (κ3) is 4.18. The van der Waals surface area contributed by atoms with Crippen LogP contribution >= 0.6 is 0 Å². The summed E-state index contributed by atoms with van der Waals surface area (Å²) in [6.07, 6.45) is 3.93. The summed E-state index contributed by atoms with van der Waals surface area (Å²) in [6.45, 7) is 4.49. The summed E-state index contributed by atoms with van der Waals surface area (Å²) in [6, 6.07) is 14.9. The lowest BCUT2D eigenvalue weighted by Gasteiger charge is -2.24. The molecule has 1 aliphatic carbocycles. The number of hydrogen-bond acceptors (Lipinski definition) is 2. The molecular formula is C22H26N2O. The number of carbonyl (C=O) groups is 1. The summed E-state index contributed by atoms with van der Waals surface area (Å²) in [4.78, 5) is 13.7. The van der Waals surface area contributed by atoms with Crippen molar-refractivity contribution in [3.05, 3.63) is 75.9 Å². The molecule has 0 spiro atoms. The summed E-state index contributed by atoms with van der Waals surface area (Å²) < 4.78 is 0. The second-order valence-corrected chi connectivity index (χ2v) is 6.88. The van der Waals surface area contributed by atoms with Crippen LogP contribution in [0.2, 0.25) is 0 Å². The number of hydrogen-bond donors (Lipinski definition) is 1. The van der Waals surface area contributed by atoms with Crippen molar-refractivity contribution in [2.45, 2.75) is 26.3 Å². The number of benzene rings is 2. The molecule has 2 aromatic rings. The number of rotatable bonds is 1. The quantitative estimate of drug-likeness (QED) is 0.867. The molecule has 0 saturated carbocycles. The van der Waals surface area contributed by atoms with Crippen molar-refractivity contribution < 1.29 is 4.79 Å². The van der Waals surface area contributed by atoms with Gasteiger partial charge in [-0.3, -0.25) is 4.79 Å². The molecule has 3 nitrogen and oxygen atoms in total. The van der Waals surface area contributed by atoms with Gasteiger partial charge in [0.05, 0.1) is 0 Å². The van der Waals surface area contributed by atoms with Crippen molar-refractivity contribution in [1.29, 1.82) is 0 Å². The fraction of sp³-hybridized carbons (Fsp3) is 0.318. The second kappa shape index (κ2) is 7.66. The van der Waals surface area contributed by atoms with Gasteiger partial charge in [-0.05, 0) is 48.7 Å². The molecule has 1 N–H and O–H groups in total. The summed E-state index contributed by atoms with van der Waals surface area (Å²) >= 11 is 0. The number of fused-ring (bicyclic) bond motifs is 2. The molecule has 1 aliphatic heterocycles. The monoisotopic (exact) mass is 334 g/mol. The van der Waals surface area contributed by atoms with Crippen LogP contribution in [0.4, 0.5) is 0 Å². The van der Waals surface area contributed by atoms with E-state index >= 15 is 0 Å². The molecule has 0 radical (unpaired) electrons. The van der Waals surface area contributed by atoms with Crippen LogP contribution < -0.4 is 5.32 Å². The highest BCUT2D eigenvalue weighted by Crippen LogP contribution is 2.24. The van der Waals surface area contributed by atoms with E-state index < -0.39 is 0 Å². The molecule has 0 aromatic heterocycles. The number of carbonyl (C=O) groups excluding carboxylic acids is 1. The summed E-state index contributed by atoms with van der Waals surface area (Å²) in [5, 5.41) is 2.63. The Hall–Kier alpha value is -2.39. The van der Waals surface area contributed by atoms with Crippen LogP contribution in [0.25, 0.3) is 6.08 Å². The van der Waals surface area contributed by atoms with E-state index in [-0.39, 0.29) is 5.91 Å². The first-order valence-corrected chi connectivity index (χ1v) is 8.84. The second-order valence-electron chi connectivity index (χ2n) is 6.88. The zero-order valence-electron chi connectivity index (χ0n) is 15.3. The normalized spacial score (nSPS) is 15.4. The highest BCUT2D eigenvalue weighted by Gasteiger charge is 2.16. The summed E-state index contributed by atoms with van der Waals surface area (Å²) in [5.41, 5.74) is 7.70. The van der Waals surface area contributed by atoms with E-state index in [1.54, 1.807) is 12.6 Å². The van der Waals surface area contributed by atoms with E-state index in [0.717, 1.165) is 18.5 Å². The number of amides is 1. The molecule has 0 fully saturated rings. The van der Waals surface area contributed by atoms with E-state index in [2.05, 4.69) is 48.5 Å². The zero-order valence-corrected chi connectivity index (χ0v) is 15.3. The molecule has 4 rings (SSSR count). The van der Waals surface area contributed by atoms with Crippen LogP contribution in [0.15, 0.2) is 48.0 Å². The minimum atomic E-state index is 0.0243. The van der Waals surface area contributed by atoms with Crippen molar-refractivity contribution in [1.82, 2.24) is 10.2 Å². The Balaban J connectivity index is 0.000000146. The lowest BCUT2D eigenvalue weighted by atomic mass is 9.98. The zero-order chi connectivity index (χ0) is 17.8. The SMILES string of the molecule is CNC(=O)C1=Cc2ccccc2C1.Cc1ccc2c(c1)CCN(C)C2. The lowest BCUT2D eigenvalue weighted by molar-refractivity contribution is -0.117. The Labute approximate surface area is 150 Å². The first-order valence-electron chi connectivity index (χ1n) is 8.84. The minimum Gasteiger partial charge on any atom is -0.355 e. The molecule has 2 aliphatic rings. The highest BCUT2D eigenvalue weighted by atomic mass is 16.1. The van der Waals surface area contributed by atoms with Gasteiger partial charge in [0.15, 0.2) is 0 Å². The third-order valence-electron chi connectivity index (χ3n) is 4.85. The van der Waals surface area contributed by atoms with E-state index in [9.17, 15) is 4.79 Å². The summed E-state index contributed by atoms with van der Waals surface area (Å²) in [7, 11) is 3.84. The fourth-order valence-electron chi connectivity index (χ4n) is 3.41. The number of nitrogens with zero attached hydrogens (tertiary/aromatic N) is 1. The third-order valence-corrected chi connectivity index (χ3v) is 4.85. The van der Waals surface area contributed by atoms with Crippen LogP contribution in [0, 0.1) is 6.92 Å². The Bertz CT molecular complexity index is 807. The highest BCUT2D eigenvalue weighted by molar-refractivity contribution is 6.00. The molecular weight excluding hydrogens is 308 g/mol. The Kier molecular flexibility index (Phi) is 5.34. The molecule has 0 saturated heterocycles. The molecule has 1 heterocycles. The van der Waals surface area contributed by atoms with E-state index in [1.165, 1.54) is 35.2 Å². The Morgan fingerprint density at radius 2 is 1.88 bits per heavy atom. The van der Waals surface area contributed by atoms with Crippen LogP contribution in [-0.4, -0.2) is 31.4 Å². The van der Waals surface area contributed by atoms with Gasteiger partial charge in [-0.2, -0.15) is 0 Å². The maximum absolute atomic E-state index is 11.3. The first kappa shape index (κ1) is 17.4. The van der Waals surface area contributed by atoms with Crippen molar-refractivity contribution in [2.75, 3.05) is 20.6 Å². The van der Waals surface area contributed by atoms with Crippen LogP contribution in [0.1, 0.15) is 27.8 Å². The fourth-order valence-corrected chi connectivity index (χ4v) is 3.41. The topological polar surface area (TPSA) is 32.3 Å². The van der Waals surface area contributed by atoms with Crippen molar-refractivity contribution in [2.24, 2.45) is 0 Å². The van der Waals surface area contributed by atoms with Crippen molar-refractivity contribution >= 4 is 12.0 Å². The van der Waals surface area contributed by atoms with Gasteiger partial charge >= 0.3 is 0 Å². The molecule has 3 heteroatoms. The van der Waals surface area contributed by atoms with Gasteiger partial charge in [0.1, 0.15) is 0 Å². The van der Waals surface area contributed by atoms with Crippen LogP contribution in [-0.2, 0) is 24.2 Å². The van der Waals surface area contributed by atoms with Gasteiger partial charge < -0.3 is 10.2 Å². The predicted octanol–water partition coefficient (Wildman–Crippen LogP) is 3.36. The standard InChI is InChI=1S/C11H11NO.C11H15N/c1-12-11(13)10-6-8-4-2-3-5-9(8)7-10;1-9-3-4-11-8-12(2)6-5-10(11)7-9/h2-6H,7H2,1H3,(H,12,13);3-4,7H,5-6,8H2,1-2H3. The van der Waals surface area contributed by atoms with Crippen LogP contribution in [0.5, 0.6) is 0 Å². The van der Waals surface area contributed by atoms with Gasteiger partial charge in [0.25, 0.3) is 0 Å². The number of nitrogens with one attached hydrogen (secondary N) is 1. The van der Waals surface area contributed by atoms with Gasteiger partial charge in [0.2, 0.25) is 5.91 Å². The predicted molar refractivity (Wildman–Crippen MR) is 103 cm³/mol. The van der Waals surface area contributed by atoms with Gasteiger partial charge in [-0.25, -0.2) is 0 Å². The number of likely N-dealkylation sites (N-methyl/N-ethyl adjacent to an activating group) is 2. The lowest BCUT2D eigenvalue weighted by Crippen LogP contribution is -2.26. The smallest absolute Gasteiger partial charge is 0.247 e. The Morgan fingerprint density at radius 1 is 1.08 bits per heavy atom. The maximum atomic E-state index is 11.3. The van der Waals surface area contributed by atoms with E-state index in [4.69, 9.17) is 0 Å². The van der Waals surface area contributed by atoms with E-state index in [1.807, 2.05) is 24.3 Å². The van der Waals surface area contributed by atoms with E-state index in [0.29, 0.717) is 0 Å². The molecule has 1 amide bonds. The Morgan fingerprint density at radius 3 is 2.64 bits per heavy atom. The number of aryl methyl sites for hydroxylation is 1. The molecule has 130 valence electrons. The average molecular weight is 334 g/mol. The molecule has 25 heavy (non-hydrogen) atoms.